The Morgan fingerprint density at radius 3 is 2.38 bits per heavy atom. The van der Waals surface area contributed by atoms with Crippen LogP contribution in [0.1, 0.15) is 34.1 Å². The molecule has 0 saturated carbocycles. The van der Waals surface area contributed by atoms with Crippen molar-refractivity contribution >= 4 is 0 Å². The minimum absolute atomic E-state index is 0.0926. The Kier molecular flexibility index (Phi) is 3.01. The molecule has 16 heavy (non-hydrogen) atoms. The smallest absolute Gasteiger partial charge is 0.0642 e. The fraction of sp³-hybridized carbons (Fsp3) is 0.846. The maximum atomic E-state index is 5.41. The van der Waals surface area contributed by atoms with Gasteiger partial charge in [0, 0.05) is 36.3 Å². The van der Waals surface area contributed by atoms with E-state index in [1.165, 1.54) is 5.70 Å². The summed E-state index contributed by atoms with van der Waals surface area (Å²) in [4.78, 5) is 2.48. The van der Waals surface area contributed by atoms with Crippen LogP contribution in [0, 0.1) is 0 Å². The molecule has 2 heterocycles. The first-order chi connectivity index (χ1) is 7.38. The zero-order chi connectivity index (χ0) is 11.8. The Morgan fingerprint density at radius 1 is 1.19 bits per heavy atom. The van der Waals surface area contributed by atoms with Gasteiger partial charge in [0.2, 0.25) is 0 Å². The Morgan fingerprint density at radius 2 is 1.81 bits per heavy atom. The van der Waals surface area contributed by atoms with Gasteiger partial charge >= 0.3 is 0 Å². The molecule has 92 valence electrons. The van der Waals surface area contributed by atoms with Crippen LogP contribution < -0.4 is 5.32 Å². The lowest BCUT2D eigenvalue weighted by molar-refractivity contribution is 0.0475. The van der Waals surface area contributed by atoms with Crippen LogP contribution in [0.15, 0.2) is 11.8 Å². The van der Waals surface area contributed by atoms with E-state index < -0.39 is 0 Å². The van der Waals surface area contributed by atoms with Crippen molar-refractivity contribution in [3.63, 3.8) is 0 Å². The van der Waals surface area contributed by atoms with Crippen LogP contribution in [0.5, 0.6) is 0 Å². The highest BCUT2D eigenvalue weighted by atomic mass is 16.5. The molecule has 0 aromatic carbocycles. The van der Waals surface area contributed by atoms with Crippen LogP contribution in [0.2, 0.25) is 0 Å². The molecule has 0 aromatic rings. The van der Waals surface area contributed by atoms with Gasteiger partial charge in [0.05, 0.1) is 13.2 Å². The normalized spacial score (nSPS) is 28.8. The monoisotopic (exact) mass is 224 g/mol. The van der Waals surface area contributed by atoms with E-state index in [0.717, 1.165) is 32.7 Å². The largest absolute Gasteiger partial charge is 0.378 e. The Balaban J connectivity index is 2.16. The molecule has 0 unspecified atom stereocenters. The first-order valence-electron chi connectivity index (χ1n) is 6.22. The third-order valence-corrected chi connectivity index (χ3v) is 3.23. The predicted octanol–water partition coefficient (Wildman–Crippen LogP) is 1.75. The van der Waals surface area contributed by atoms with Crippen molar-refractivity contribution in [2.24, 2.45) is 0 Å². The fourth-order valence-electron chi connectivity index (χ4n) is 2.93. The predicted molar refractivity (Wildman–Crippen MR) is 66.4 cm³/mol. The van der Waals surface area contributed by atoms with Crippen molar-refractivity contribution in [1.29, 1.82) is 0 Å². The summed E-state index contributed by atoms with van der Waals surface area (Å²) in [6.07, 6.45) is 3.49. The highest BCUT2D eigenvalue weighted by molar-refractivity contribution is 5.20. The standard InChI is InChI=1S/C13H24N2O/c1-12(2)9-11(10-13(3,4)14-12)15-5-7-16-8-6-15/h9,14H,5-8,10H2,1-4H3. The Hall–Kier alpha value is -0.540. The molecule has 2 aliphatic heterocycles. The third-order valence-electron chi connectivity index (χ3n) is 3.23. The quantitative estimate of drug-likeness (QED) is 0.734. The number of hydrogen-bond acceptors (Lipinski definition) is 3. The Bertz CT molecular complexity index is 288. The van der Waals surface area contributed by atoms with Crippen molar-refractivity contribution in [3.8, 4) is 0 Å². The highest BCUT2D eigenvalue weighted by Gasteiger charge is 2.34. The second-order valence-electron chi connectivity index (χ2n) is 6.14. The van der Waals surface area contributed by atoms with E-state index in [0.29, 0.717) is 0 Å². The van der Waals surface area contributed by atoms with Gasteiger partial charge in [-0.05, 0) is 33.8 Å². The summed E-state index contributed by atoms with van der Waals surface area (Å²) < 4.78 is 5.41. The lowest BCUT2D eigenvalue weighted by atomic mass is 9.86. The topological polar surface area (TPSA) is 24.5 Å². The van der Waals surface area contributed by atoms with Crippen LogP contribution in [-0.2, 0) is 4.74 Å². The molecule has 0 radical (unpaired) electrons. The first kappa shape index (κ1) is 11.9. The lowest BCUT2D eigenvalue weighted by Crippen LogP contribution is -2.56. The van der Waals surface area contributed by atoms with Crippen LogP contribution in [0.3, 0.4) is 0 Å². The van der Waals surface area contributed by atoms with Gasteiger partial charge in [0.15, 0.2) is 0 Å². The first-order valence-corrected chi connectivity index (χ1v) is 6.22. The summed E-state index contributed by atoms with van der Waals surface area (Å²) >= 11 is 0. The molecule has 2 rings (SSSR count). The van der Waals surface area contributed by atoms with Crippen molar-refractivity contribution in [2.75, 3.05) is 26.3 Å². The van der Waals surface area contributed by atoms with Crippen LogP contribution in [-0.4, -0.2) is 42.3 Å². The molecule has 1 saturated heterocycles. The van der Waals surface area contributed by atoms with Gasteiger partial charge in [0.1, 0.15) is 0 Å². The third kappa shape index (κ3) is 2.77. The second-order valence-corrected chi connectivity index (χ2v) is 6.14. The average molecular weight is 224 g/mol. The molecule has 0 amide bonds. The molecule has 0 aromatic heterocycles. The number of nitrogens with one attached hydrogen (secondary N) is 1. The zero-order valence-corrected chi connectivity index (χ0v) is 11.0. The number of rotatable bonds is 1. The number of nitrogens with zero attached hydrogens (tertiary/aromatic N) is 1. The average Bonchev–Trinajstić information content (AvgIpc) is 2.14. The van der Waals surface area contributed by atoms with E-state index in [1.807, 2.05) is 0 Å². The second kappa shape index (κ2) is 4.04. The molecule has 2 aliphatic rings. The van der Waals surface area contributed by atoms with E-state index in [9.17, 15) is 0 Å². The van der Waals surface area contributed by atoms with Gasteiger partial charge in [-0.3, -0.25) is 0 Å². The maximum Gasteiger partial charge on any atom is 0.0642 e. The van der Waals surface area contributed by atoms with E-state index >= 15 is 0 Å². The summed E-state index contributed by atoms with van der Waals surface area (Å²) in [6.45, 7) is 12.9. The molecule has 0 atom stereocenters. The van der Waals surface area contributed by atoms with Crippen molar-refractivity contribution in [3.05, 3.63) is 11.8 Å². The van der Waals surface area contributed by atoms with Crippen LogP contribution in [0.4, 0.5) is 0 Å². The molecular weight excluding hydrogens is 200 g/mol. The summed E-state index contributed by atoms with van der Waals surface area (Å²) in [5.41, 5.74) is 1.76. The van der Waals surface area contributed by atoms with Gasteiger partial charge in [-0.2, -0.15) is 0 Å². The summed E-state index contributed by atoms with van der Waals surface area (Å²) in [7, 11) is 0. The minimum atomic E-state index is 0.0926. The van der Waals surface area contributed by atoms with E-state index in [4.69, 9.17) is 4.74 Å². The Labute approximate surface area is 98.8 Å². The number of morpholine rings is 1. The van der Waals surface area contributed by atoms with Crippen LogP contribution >= 0.6 is 0 Å². The minimum Gasteiger partial charge on any atom is -0.378 e. The van der Waals surface area contributed by atoms with Gasteiger partial charge in [-0.25, -0.2) is 0 Å². The number of ether oxygens (including phenoxy) is 1. The van der Waals surface area contributed by atoms with Gasteiger partial charge < -0.3 is 15.0 Å². The zero-order valence-electron chi connectivity index (χ0n) is 11.0. The molecule has 0 aliphatic carbocycles. The SMILES string of the molecule is CC1(C)C=C(N2CCOCC2)CC(C)(C)N1. The lowest BCUT2D eigenvalue weighted by Gasteiger charge is -2.45. The van der Waals surface area contributed by atoms with Gasteiger partial charge in [0.25, 0.3) is 0 Å². The molecule has 0 bridgehead atoms. The van der Waals surface area contributed by atoms with Gasteiger partial charge in [-0.15, -0.1) is 0 Å². The highest BCUT2D eigenvalue weighted by Crippen LogP contribution is 2.29. The van der Waals surface area contributed by atoms with E-state index in [2.05, 4.69) is 44.0 Å². The van der Waals surface area contributed by atoms with E-state index in [1.54, 1.807) is 0 Å². The summed E-state index contributed by atoms with van der Waals surface area (Å²) in [5, 5.41) is 3.67. The van der Waals surface area contributed by atoms with Gasteiger partial charge in [-0.1, -0.05) is 0 Å². The molecule has 3 heteroatoms. The van der Waals surface area contributed by atoms with Crippen molar-refractivity contribution in [2.45, 2.75) is 45.2 Å². The van der Waals surface area contributed by atoms with Crippen LogP contribution in [0.25, 0.3) is 0 Å². The maximum absolute atomic E-state index is 5.41. The summed E-state index contributed by atoms with van der Waals surface area (Å²) in [5.74, 6) is 0. The van der Waals surface area contributed by atoms with E-state index in [-0.39, 0.29) is 11.1 Å². The molecule has 3 nitrogen and oxygen atoms in total. The molecule has 1 fully saturated rings. The molecule has 0 spiro atoms. The molecular formula is C13H24N2O. The fourth-order valence-corrected chi connectivity index (χ4v) is 2.93. The van der Waals surface area contributed by atoms with Crippen molar-refractivity contribution < 1.29 is 4.74 Å². The van der Waals surface area contributed by atoms with Crippen molar-refractivity contribution in [1.82, 2.24) is 10.2 Å². The number of hydrogen-bond donors (Lipinski definition) is 1. The molecule has 1 N–H and O–H groups in total. The summed E-state index contributed by atoms with van der Waals surface area (Å²) in [6, 6.07) is 0.